The van der Waals surface area contributed by atoms with Gasteiger partial charge in [0.25, 0.3) is 0 Å². The third kappa shape index (κ3) is 3.96. The number of benzene rings is 2. The molecule has 5 heteroatoms. The highest BCUT2D eigenvalue weighted by molar-refractivity contribution is 6.31. The summed E-state index contributed by atoms with van der Waals surface area (Å²) >= 11 is 5.79. The van der Waals surface area contributed by atoms with E-state index in [1.807, 2.05) is 0 Å². The number of hydrogen-bond donors (Lipinski definition) is 2. The summed E-state index contributed by atoms with van der Waals surface area (Å²) in [7, 11) is 0. The van der Waals surface area contributed by atoms with Crippen LogP contribution in [-0.4, -0.2) is 11.0 Å². The van der Waals surface area contributed by atoms with Crippen molar-refractivity contribution in [2.24, 2.45) is 0 Å². The number of nitrogens with one attached hydrogen (secondary N) is 1. The number of hydrogen-bond acceptors (Lipinski definition) is 2. The molecule has 0 aliphatic heterocycles. The number of phenols is 1. The maximum atomic E-state index is 12.7. The Labute approximate surface area is 121 Å². The van der Waals surface area contributed by atoms with E-state index < -0.39 is 0 Å². The molecule has 0 spiro atoms. The van der Waals surface area contributed by atoms with E-state index in [9.17, 15) is 14.3 Å². The fourth-order valence-electron chi connectivity index (χ4n) is 1.73. The van der Waals surface area contributed by atoms with Gasteiger partial charge in [0.05, 0.1) is 5.69 Å². The zero-order chi connectivity index (χ0) is 14.5. The van der Waals surface area contributed by atoms with Gasteiger partial charge in [0.1, 0.15) is 11.6 Å². The lowest BCUT2D eigenvalue weighted by Gasteiger charge is -2.07. The molecule has 1 amide bonds. The maximum Gasteiger partial charge on any atom is 0.224 e. The van der Waals surface area contributed by atoms with Gasteiger partial charge in [-0.25, -0.2) is 4.39 Å². The Bertz CT molecular complexity index is 614. The Morgan fingerprint density at radius 3 is 2.60 bits per heavy atom. The smallest absolute Gasteiger partial charge is 0.224 e. The standard InChI is InChI=1S/C15H13ClFNO2/c16-11-4-7-14(19)13(9-11)18-15(20)8-3-10-1-5-12(17)6-2-10/h1-2,4-7,9,19H,3,8H2,(H,18,20). The van der Waals surface area contributed by atoms with Gasteiger partial charge in [-0.2, -0.15) is 0 Å². The van der Waals surface area contributed by atoms with Crippen LogP contribution in [0.3, 0.4) is 0 Å². The molecular formula is C15H13ClFNO2. The molecule has 2 rings (SSSR count). The summed E-state index contributed by atoms with van der Waals surface area (Å²) < 4.78 is 12.7. The highest BCUT2D eigenvalue weighted by atomic mass is 35.5. The van der Waals surface area contributed by atoms with E-state index in [2.05, 4.69) is 5.32 Å². The minimum absolute atomic E-state index is 0.0375. The molecule has 0 unspecified atom stereocenters. The van der Waals surface area contributed by atoms with E-state index in [-0.39, 0.29) is 29.6 Å². The number of carbonyl (C=O) groups excluding carboxylic acids is 1. The molecule has 2 N–H and O–H groups in total. The molecule has 0 bridgehead atoms. The number of amides is 1. The Morgan fingerprint density at radius 1 is 1.20 bits per heavy atom. The molecule has 0 aromatic heterocycles. The number of aryl methyl sites for hydroxylation is 1. The molecule has 20 heavy (non-hydrogen) atoms. The average Bonchev–Trinajstić information content (AvgIpc) is 2.42. The second-order valence-electron chi connectivity index (χ2n) is 4.34. The van der Waals surface area contributed by atoms with E-state index in [1.54, 1.807) is 12.1 Å². The van der Waals surface area contributed by atoms with Gasteiger partial charge in [0.2, 0.25) is 5.91 Å². The van der Waals surface area contributed by atoms with Crippen LogP contribution in [0.5, 0.6) is 5.75 Å². The van der Waals surface area contributed by atoms with Crippen LogP contribution in [0.4, 0.5) is 10.1 Å². The van der Waals surface area contributed by atoms with Crippen LogP contribution in [0.1, 0.15) is 12.0 Å². The van der Waals surface area contributed by atoms with E-state index in [0.29, 0.717) is 11.4 Å². The van der Waals surface area contributed by atoms with Gasteiger partial charge >= 0.3 is 0 Å². The highest BCUT2D eigenvalue weighted by Gasteiger charge is 2.07. The Hall–Kier alpha value is -2.07. The Kier molecular flexibility index (Phi) is 4.58. The van der Waals surface area contributed by atoms with Gasteiger partial charge in [0.15, 0.2) is 0 Å². The molecule has 0 aliphatic rings. The quantitative estimate of drug-likeness (QED) is 0.843. The van der Waals surface area contributed by atoms with Crippen LogP contribution in [-0.2, 0) is 11.2 Å². The van der Waals surface area contributed by atoms with E-state index in [4.69, 9.17) is 11.6 Å². The molecule has 0 saturated carbocycles. The number of aromatic hydroxyl groups is 1. The van der Waals surface area contributed by atoms with Gasteiger partial charge in [0, 0.05) is 11.4 Å². The van der Waals surface area contributed by atoms with Crippen LogP contribution in [0.25, 0.3) is 0 Å². The molecule has 0 aliphatic carbocycles. The molecule has 2 aromatic carbocycles. The summed E-state index contributed by atoms with van der Waals surface area (Å²) in [5.74, 6) is -0.585. The van der Waals surface area contributed by atoms with E-state index in [1.165, 1.54) is 30.3 Å². The van der Waals surface area contributed by atoms with Crippen LogP contribution in [0, 0.1) is 5.82 Å². The molecule has 0 heterocycles. The van der Waals surface area contributed by atoms with Crippen molar-refractivity contribution in [2.45, 2.75) is 12.8 Å². The van der Waals surface area contributed by atoms with Gasteiger partial charge in [-0.05, 0) is 42.3 Å². The highest BCUT2D eigenvalue weighted by Crippen LogP contribution is 2.26. The van der Waals surface area contributed by atoms with Crippen molar-refractivity contribution in [3.8, 4) is 5.75 Å². The monoisotopic (exact) mass is 293 g/mol. The topological polar surface area (TPSA) is 49.3 Å². The van der Waals surface area contributed by atoms with Crippen molar-refractivity contribution in [3.05, 3.63) is 58.9 Å². The molecule has 0 atom stereocenters. The SMILES string of the molecule is O=C(CCc1ccc(F)cc1)Nc1cc(Cl)ccc1O. The second-order valence-corrected chi connectivity index (χ2v) is 4.77. The first kappa shape index (κ1) is 14.3. The fourth-order valence-corrected chi connectivity index (χ4v) is 1.90. The largest absolute Gasteiger partial charge is 0.506 e. The Balaban J connectivity index is 1.92. The number of halogens is 2. The second kappa shape index (κ2) is 6.39. The maximum absolute atomic E-state index is 12.7. The van der Waals surface area contributed by atoms with Crippen molar-refractivity contribution in [1.82, 2.24) is 0 Å². The van der Waals surface area contributed by atoms with Crippen LogP contribution in [0.2, 0.25) is 5.02 Å². The molecule has 104 valence electrons. The lowest BCUT2D eigenvalue weighted by molar-refractivity contribution is -0.116. The third-order valence-corrected chi connectivity index (χ3v) is 3.02. The van der Waals surface area contributed by atoms with E-state index >= 15 is 0 Å². The van der Waals surface area contributed by atoms with Crippen molar-refractivity contribution in [3.63, 3.8) is 0 Å². The minimum atomic E-state index is -0.304. The van der Waals surface area contributed by atoms with E-state index in [0.717, 1.165) is 5.56 Å². The van der Waals surface area contributed by atoms with Gasteiger partial charge in [-0.1, -0.05) is 23.7 Å². The van der Waals surface area contributed by atoms with Crippen LogP contribution in [0.15, 0.2) is 42.5 Å². The molecular weight excluding hydrogens is 281 g/mol. The molecule has 2 aromatic rings. The fraction of sp³-hybridized carbons (Fsp3) is 0.133. The number of phenolic OH excluding ortho intramolecular Hbond substituents is 1. The van der Waals surface area contributed by atoms with Crippen molar-refractivity contribution < 1.29 is 14.3 Å². The molecule has 0 saturated heterocycles. The van der Waals surface area contributed by atoms with Crippen molar-refractivity contribution in [2.75, 3.05) is 5.32 Å². The average molecular weight is 294 g/mol. The zero-order valence-corrected chi connectivity index (χ0v) is 11.3. The predicted molar refractivity (Wildman–Crippen MR) is 76.5 cm³/mol. The predicted octanol–water partition coefficient (Wildman–Crippen LogP) is 3.76. The van der Waals surface area contributed by atoms with Gasteiger partial charge in [-0.15, -0.1) is 0 Å². The van der Waals surface area contributed by atoms with Crippen LogP contribution < -0.4 is 5.32 Å². The molecule has 0 radical (unpaired) electrons. The molecule has 3 nitrogen and oxygen atoms in total. The first-order chi connectivity index (χ1) is 9.54. The lowest BCUT2D eigenvalue weighted by atomic mass is 10.1. The summed E-state index contributed by atoms with van der Waals surface area (Å²) in [5.41, 5.74) is 1.15. The summed E-state index contributed by atoms with van der Waals surface area (Å²) in [4.78, 5) is 11.8. The normalized spacial score (nSPS) is 10.3. The van der Waals surface area contributed by atoms with Crippen molar-refractivity contribution >= 4 is 23.2 Å². The van der Waals surface area contributed by atoms with Gasteiger partial charge < -0.3 is 10.4 Å². The third-order valence-electron chi connectivity index (χ3n) is 2.79. The Morgan fingerprint density at radius 2 is 1.90 bits per heavy atom. The first-order valence-electron chi connectivity index (χ1n) is 6.07. The summed E-state index contributed by atoms with van der Waals surface area (Å²) in [5, 5.41) is 12.6. The molecule has 0 fully saturated rings. The minimum Gasteiger partial charge on any atom is -0.506 e. The van der Waals surface area contributed by atoms with Crippen LogP contribution >= 0.6 is 11.6 Å². The number of rotatable bonds is 4. The van der Waals surface area contributed by atoms with Gasteiger partial charge in [-0.3, -0.25) is 4.79 Å². The summed E-state index contributed by atoms with van der Waals surface area (Å²) in [6.07, 6.45) is 0.727. The summed E-state index contributed by atoms with van der Waals surface area (Å²) in [6.45, 7) is 0. The zero-order valence-electron chi connectivity index (χ0n) is 10.6. The van der Waals surface area contributed by atoms with Crippen molar-refractivity contribution in [1.29, 1.82) is 0 Å². The first-order valence-corrected chi connectivity index (χ1v) is 6.45. The summed E-state index contributed by atoms with van der Waals surface area (Å²) in [6, 6.07) is 10.4. The number of anilines is 1. The lowest BCUT2D eigenvalue weighted by Crippen LogP contribution is -2.12. The number of carbonyl (C=O) groups is 1.